The molecule has 0 atom stereocenters. The Kier molecular flexibility index (Phi) is 11.7. The quantitative estimate of drug-likeness (QED) is 0.116. The van der Waals surface area contributed by atoms with Crippen molar-refractivity contribution < 1.29 is 9.47 Å². The predicted octanol–water partition coefficient (Wildman–Crippen LogP) is 14.4. The lowest BCUT2D eigenvalue weighted by Crippen LogP contribution is -1.92. The highest BCUT2D eigenvalue weighted by Crippen LogP contribution is 2.33. The normalized spacial score (nSPS) is 11.1. The van der Waals surface area contributed by atoms with Gasteiger partial charge in [-0.15, -0.1) is 0 Å². The van der Waals surface area contributed by atoms with E-state index < -0.39 is 0 Å². The van der Waals surface area contributed by atoms with Gasteiger partial charge >= 0.3 is 0 Å². The van der Waals surface area contributed by atoms with Crippen LogP contribution in [0.25, 0.3) is 58.4 Å². The third kappa shape index (κ3) is 8.83. The average Bonchev–Trinajstić information content (AvgIpc) is 3.30. The van der Waals surface area contributed by atoms with Crippen LogP contribution in [0.15, 0.2) is 194 Å². The summed E-state index contributed by atoms with van der Waals surface area (Å²) in [4.78, 5) is 0. The van der Waals surface area contributed by atoms with Gasteiger partial charge in [0.05, 0.1) is 14.2 Å². The minimum atomic E-state index is 0.821. The Morgan fingerprint density at radius 3 is 1.19 bits per heavy atom. The maximum atomic E-state index is 5.96. The molecule has 8 aromatic rings. The van der Waals surface area contributed by atoms with Crippen LogP contribution in [0.5, 0.6) is 11.5 Å². The highest BCUT2D eigenvalue weighted by molar-refractivity contribution is 5.96. The van der Waals surface area contributed by atoms with Gasteiger partial charge in [-0.25, -0.2) is 0 Å². The Labute approximate surface area is 342 Å². The van der Waals surface area contributed by atoms with Crippen LogP contribution in [0.2, 0.25) is 0 Å². The van der Waals surface area contributed by atoms with Crippen molar-refractivity contribution in [3.05, 3.63) is 250 Å². The minimum absolute atomic E-state index is 0.821. The van der Waals surface area contributed by atoms with Crippen LogP contribution in [0, 0.1) is 0 Å². The van der Waals surface area contributed by atoms with Crippen molar-refractivity contribution in [1.82, 2.24) is 0 Å². The highest BCUT2D eigenvalue weighted by atomic mass is 16.5. The molecule has 0 aromatic heterocycles. The summed E-state index contributed by atoms with van der Waals surface area (Å²) in [6.07, 6.45) is 13.1. The monoisotopic (exact) mass is 748 g/mol. The summed E-state index contributed by atoms with van der Waals surface area (Å²) in [5, 5.41) is 2.38. The first-order chi connectivity index (χ1) is 28.6. The number of rotatable bonds is 12. The van der Waals surface area contributed by atoms with E-state index in [4.69, 9.17) is 9.47 Å². The fourth-order valence-corrected chi connectivity index (χ4v) is 7.33. The van der Waals surface area contributed by atoms with E-state index in [2.05, 4.69) is 206 Å². The summed E-state index contributed by atoms with van der Waals surface area (Å²) in [6, 6.07) is 67.8. The molecular formula is C56H44O2. The van der Waals surface area contributed by atoms with Crippen molar-refractivity contribution >= 4 is 58.4 Å². The molecule has 0 spiro atoms. The van der Waals surface area contributed by atoms with Crippen LogP contribution >= 0.6 is 0 Å². The molecule has 0 fully saturated rings. The van der Waals surface area contributed by atoms with E-state index in [1.54, 1.807) is 14.2 Å². The van der Waals surface area contributed by atoms with Crippen molar-refractivity contribution in [2.75, 3.05) is 14.2 Å². The van der Waals surface area contributed by atoms with Gasteiger partial charge in [-0.3, -0.25) is 0 Å². The van der Waals surface area contributed by atoms with E-state index in [9.17, 15) is 0 Å². The Morgan fingerprint density at radius 1 is 0.345 bits per heavy atom. The Morgan fingerprint density at radius 2 is 0.741 bits per heavy atom. The molecule has 0 bridgehead atoms. The molecule has 58 heavy (non-hydrogen) atoms. The molecule has 2 heteroatoms. The van der Waals surface area contributed by atoms with Gasteiger partial charge in [-0.05, 0) is 103 Å². The molecule has 0 unspecified atom stereocenters. The van der Waals surface area contributed by atoms with Crippen molar-refractivity contribution in [2.45, 2.75) is 0 Å². The zero-order valence-electron chi connectivity index (χ0n) is 32.8. The second-order valence-corrected chi connectivity index (χ2v) is 14.1. The van der Waals surface area contributed by atoms with Gasteiger partial charge in [-0.2, -0.15) is 0 Å². The van der Waals surface area contributed by atoms with E-state index in [1.165, 1.54) is 10.8 Å². The Bertz CT molecular complexity index is 2680. The number of hydrogen-bond acceptors (Lipinski definition) is 2. The zero-order valence-corrected chi connectivity index (χ0v) is 32.8. The second kappa shape index (κ2) is 18.0. The molecule has 0 aliphatic carbocycles. The molecule has 0 N–H and O–H groups in total. The fraction of sp³-hybridized carbons (Fsp3) is 0.0357. The SMILES string of the molecule is COc1cc(/C=C/c2cc(/C=C/c3ccc(C=C(c4ccccc4)c4ccccc4)c(OC)c3)c3ccccc3c2)ccc1C=C(c1ccccc1)c1ccccc1. The van der Waals surface area contributed by atoms with Crippen LogP contribution < -0.4 is 9.47 Å². The largest absolute Gasteiger partial charge is 0.496 e. The Hall–Kier alpha value is -7.42. The van der Waals surface area contributed by atoms with Gasteiger partial charge in [0, 0.05) is 11.1 Å². The first-order valence-electron chi connectivity index (χ1n) is 19.6. The fourth-order valence-electron chi connectivity index (χ4n) is 7.33. The summed E-state index contributed by atoms with van der Waals surface area (Å²) in [5.74, 6) is 1.64. The molecular weight excluding hydrogens is 705 g/mol. The number of benzene rings is 8. The molecule has 0 amide bonds. The van der Waals surface area contributed by atoms with Gasteiger partial charge in [0.25, 0.3) is 0 Å². The number of hydrogen-bond donors (Lipinski definition) is 0. The molecule has 0 heterocycles. The first-order valence-corrected chi connectivity index (χ1v) is 19.6. The van der Waals surface area contributed by atoms with Gasteiger partial charge < -0.3 is 9.47 Å². The van der Waals surface area contributed by atoms with Crippen LogP contribution in [0.1, 0.15) is 55.6 Å². The summed E-state index contributed by atoms with van der Waals surface area (Å²) in [7, 11) is 3.47. The molecule has 8 rings (SSSR count). The summed E-state index contributed by atoms with van der Waals surface area (Å²) < 4.78 is 11.9. The number of ether oxygens (including phenoxy) is 2. The van der Waals surface area contributed by atoms with Crippen molar-refractivity contribution in [3.8, 4) is 11.5 Å². The van der Waals surface area contributed by atoms with E-state index in [0.29, 0.717) is 0 Å². The van der Waals surface area contributed by atoms with E-state index in [0.717, 1.165) is 78.3 Å². The lowest BCUT2D eigenvalue weighted by molar-refractivity contribution is 0.413. The van der Waals surface area contributed by atoms with Crippen molar-refractivity contribution in [3.63, 3.8) is 0 Å². The third-order valence-electron chi connectivity index (χ3n) is 10.3. The standard InChI is InChI=1S/C56H44O2/c1-57-55-37-41(30-33-50(55)39-53(44-17-7-3-8-18-44)45-19-9-4-10-20-45)27-28-43-35-48-25-15-16-26-52(48)49(36-43)32-29-42-31-34-51(56(38-42)58-2)40-54(46-21-11-5-12-22-46)47-23-13-6-14-24-47/h3-40H,1-2H3/b28-27+,32-29+. The molecule has 280 valence electrons. The predicted molar refractivity (Wildman–Crippen MR) is 248 cm³/mol. The van der Waals surface area contributed by atoms with Crippen molar-refractivity contribution in [1.29, 1.82) is 0 Å². The summed E-state index contributed by atoms with van der Waals surface area (Å²) in [5.41, 5.74) is 13.3. The molecule has 0 saturated heterocycles. The maximum absolute atomic E-state index is 5.96. The van der Waals surface area contributed by atoms with Gasteiger partial charge in [0.15, 0.2) is 0 Å². The van der Waals surface area contributed by atoms with E-state index >= 15 is 0 Å². The molecule has 0 aliphatic rings. The first kappa shape index (κ1) is 37.5. The minimum Gasteiger partial charge on any atom is -0.496 e. The topological polar surface area (TPSA) is 18.5 Å². The summed E-state index contributed by atoms with van der Waals surface area (Å²) in [6.45, 7) is 0. The highest BCUT2D eigenvalue weighted by Gasteiger charge is 2.10. The second-order valence-electron chi connectivity index (χ2n) is 14.1. The molecule has 2 nitrogen and oxygen atoms in total. The zero-order chi connectivity index (χ0) is 39.5. The third-order valence-corrected chi connectivity index (χ3v) is 10.3. The smallest absolute Gasteiger partial charge is 0.126 e. The van der Waals surface area contributed by atoms with Gasteiger partial charge in [0.2, 0.25) is 0 Å². The lowest BCUT2D eigenvalue weighted by Gasteiger charge is -2.12. The van der Waals surface area contributed by atoms with Crippen LogP contribution in [-0.4, -0.2) is 14.2 Å². The maximum Gasteiger partial charge on any atom is 0.126 e. The molecule has 0 saturated carbocycles. The lowest BCUT2D eigenvalue weighted by atomic mass is 9.95. The van der Waals surface area contributed by atoms with Crippen LogP contribution in [0.3, 0.4) is 0 Å². The molecule has 8 aromatic carbocycles. The van der Waals surface area contributed by atoms with E-state index in [1.807, 2.05) is 24.3 Å². The average molecular weight is 749 g/mol. The van der Waals surface area contributed by atoms with E-state index in [-0.39, 0.29) is 0 Å². The van der Waals surface area contributed by atoms with Gasteiger partial charge in [0.1, 0.15) is 11.5 Å². The Balaban J connectivity index is 1.08. The summed E-state index contributed by atoms with van der Waals surface area (Å²) >= 11 is 0. The van der Waals surface area contributed by atoms with Crippen LogP contribution in [0.4, 0.5) is 0 Å². The number of fused-ring (bicyclic) bond motifs is 1. The van der Waals surface area contributed by atoms with Crippen LogP contribution in [-0.2, 0) is 0 Å². The molecule has 0 aliphatic heterocycles. The number of methoxy groups -OCH3 is 2. The van der Waals surface area contributed by atoms with Crippen molar-refractivity contribution in [2.24, 2.45) is 0 Å². The van der Waals surface area contributed by atoms with Gasteiger partial charge in [-0.1, -0.05) is 194 Å². The molecule has 0 radical (unpaired) electrons.